The van der Waals surface area contributed by atoms with Crippen LogP contribution in [0.3, 0.4) is 0 Å². The summed E-state index contributed by atoms with van der Waals surface area (Å²) in [4.78, 5) is 11.8. The molecule has 0 spiro atoms. The molecular formula is C14H20BrN3. The monoisotopic (exact) mass is 309 g/mol. The van der Waals surface area contributed by atoms with Crippen molar-refractivity contribution in [1.29, 1.82) is 0 Å². The van der Waals surface area contributed by atoms with E-state index in [9.17, 15) is 0 Å². The number of nitrogens with zero attached hydrogens (tertiary/aromatic N) is 3. The first-order chi connectivity index (χ1) is 8.78. The summed E-state index contributed by atoms with van der Waals surface area (Å²) in [6.07, 6.45) is 7.65. The number of aromatic nitrogens is 2. The van der Waals surface area contributed by atoms with Gasteiger partial charge in [0.05, 0.1) is 0 Å². The summed E-state index contributed by atoms with van der Waals surface area (Å²) in [6.45, 7) is 3.38. The van der Waals surface area contributed by atoms with Gasteiger partial charge in [-0.05, 0) is 48.0 Å². The summed E-state index contributed by atoms with van der Waals surface area (Å²) in [6, 6.07) is 2.81. The maximum Gasteiger partial charge on any atom is 0.135 e. The standard InChI is InChI=1S/C14H20BrN3/c1-2-3-8-18(11-6-7-11)13-9-12(15)16-14(17-13)10-4-5-10/h9-11H,2-8H2,1H3. The normalized spacial score (nSPS) is 19.0. The molecule has 4 heteroatoms. The Morgan fingerprint density at radius 1 is 1.28 bits per heavy atom. The number of hydrogen-bond donors (Lipinski definition) is 0. The highest BCUT2D eigenvalue weighted by Gasteiger charge is 2.32. The van der Waals surface area contributed by atoms with Crippen LogP contribution in [-0.4, -0.2) is 22.6 Å². The zero-order valence-electron chi connectivity index (χ0n) is 10.9. The van der Waals surface area contributed by atoms with Crippen LogP contribution in [0.25, 0.3) is 0 Å². The van der Waals surface area contributed by atoms with Gasteiger partial charge in [-0.25, -0.2) is 9.97 Å². The van der Waals surface area contributed by atoms with Crippen molar-refractivity contribution >= 4 is 21.7 Å². The van der Waals surface area contributed by atoms with Crippen LogP contribution in [0.15, 0.2) is 10.7 Å². The molecular weight excluding hydrogens is 290 g/mol. The Hall–Kier alpha value is -0.640. The van der Waals surface area contributed by atoms with Crippen molar-refractivity contribution in [3.8, 4) is 0 Å². The molecule has 3 nitrogen and oxygen atoms in total. The van der Waals surface area contributed by atoms with Crippen molar-refractivity contribution in [3.63, 3.8) is 0 Å². The Balaban J connectivity index is 1.83. The summed E-state index contributed by atoms with van der Waals surface area (Å²) in [5.41, 5.74) is 0. The second-order valence-electron chi connectivity index (χ2n) is 5.46. The average molecular weight is 310 g/mol. The van der Waals surface area contributed by atoms with Crippen LogP contribution in [0.1, 0.15) is 57.2 Å². The lowest BCUT2D eigenvalue weighted by atomic mass is 10.3. The molecule has 2 saturated carbocycles. The first kappa shape index (κ1) is 12.4. The summed E-state index contributed by atoms with van der Waals surface area (Å²) < 4.78 is 0.941. The summed E-state index contributed by atoms with van der Waals surface area (Å²) in [5.74, 6) is 2.80. The van der Waals surface area contributed by atoms with E-state index in [1.165, 1.54) is 38.5 Å². The van der Waals surface area contributed by atoms with E-state index in [4.69, 9.17) is 4.98 Å². The molecule has 2 aliphatic rings. The highest BCUT2D eigenvalue weighted by molar-refractivity contribution is 9.10. The SMILES string of the molecule is CCCCN(c1cc(Br)nc(C2CC2)n1)C1CC1. The van der Waals surface area contributed by atoms with Gasteiger partial charge in [0.1, 0.15) is 16.2 Å². The average Bonchev–Trinajstić information content (AvgIpc) is 3.21. The Kier molecular flexibility index (Phi) is 3.55. The fourth-order valence-corrected chi connectivity index (χ4v) is 2.68. The van der Waals surface area contributed by atoms with Crippen LogP contribution in [0.4, 0.5) is 5.82 Å². The zero-order valence-corrected chi connectivity index (χ0v) is 12.5. The lowest BCUT2D eigenvalue weighted by Crippen LogP contribution is -2.28. The van der Waals surface area contributed by atoms with Crippen molar-refractivity contribution in [1.82, 2.24) is 9.97 Å². The second kappa shape index (κ2) is 5.16. The largest absolute Gasteiger partial charge is 0.353 e. The minimum Gasteiger partial charge on any atom is -0.353 e. The molecule has 0 aromatic carbocycles. The van der Waals surface area contributed by atoms with Gasteiger partial charge in [-0.15, -0.1) is 0 Å². The number of anilines is 1. The van der Waals surface area contributed by atoms with E-state index in [0.29, 0.717) is 5.92 Å². The Morgan fingerprint density at radius 3 is 2.67 bits per heavy atom. The molecule has 0 N–H and O–H groups in total. The predicted octanol–water partition coefficient (Wildman–Crippen LogP) is 3.89. The van der Waals surface area contributed by atoms with Crippen LogP contribution in [0, 0.1) is 0 Å². The van der Waals surface area contributed by atoms with Crippen LogP contribution in [0.2, 0.25) is 0 Å². The first-order valence-corrected chi connectivity index (χ1v) is 7.88. The quantitative estimate of drug-likeness (QED) is 0.747. The van der Waals surface area contributed by atoms with Crippen LogP contribution >= 0.6 is 15.9 Å². The van der Waals surface area contributed by atoms with Crippen molar-refractivity contribution < 1.29 is 0 Å². The molecule has 0 bridgehead atoms. The smallest absolute Gasteiger partial charge is 0.135 e. The van der Waals surface area contributed by atoms with Crippen LogP contribution < -0.4 is 4.90 Å². The molecule has 1 aromatic rings. The van der Waals surface area contributed by atoms with Gasteiger partial charge in [0.15, 0.2) is 0 Å². The molecule has 0 radical (unpaired) electrons. The van der Waals surface area contributed by atoms with E-state index in [1.54, 1.807) is 0 Å². The third-order valence-corrected chi connectivity index (χ3v) is 4.08. The van der Waals surface area contributed by atoms with E-state index in [-0.39, 0.29) is 0 Å². The van der Waals surface area contributed by atoms with E-state index in [0.717, 1.165) is 28.8 Å². The molecule has 0 saturated heterocycles. The van der Waals surface area contributed by atoms with Crippen molar-refractivity contribution in [3.05, 3.63) is 16.5 Å². The van der Waals surface area contributed by atoms with E-state index >= 15 is 0 Å². The topological polar surface area (TPSA) is 29.0 Å². The molecule has 0 aliphatic heterocycles. The van der Waals surface area contributed by atoms with E-state index in [1.807, 2.05) is 0 Å². The second-order valence-corrected chi connectivity index (χ2v) is 6.27. The lowest BCUT2D eigenvalue weighted by molar-refractivity contribution is 0.699. The van der Waals surface area contributed by atoms with E-state index in [2.05, 4.69) is 38.8 Å². The Morgan fingerprint density at radius 2 is 2.06 bits per heavy atom. The minimum atomic E-state index is 0.619. The maximum absolute atomic E-state index is 4.79. The molecule has 0 atom stereocenters. The molecule has 2 fully saturated rings. The van der Waals surface area contributed by atoms with Crippen molar-refractivity contribution in [2.75, 3.05) is 11.4 Å². The molecule has 2 aliphatic carbocycles. The zero-order chi connectivity index (χ0) is 12.5. The first-order valence-electron chi connectivity index (χ1n) is 7.09. The third kappa shape index (κ3) is 2.85. The van der Waals surface area contributed by atoms with Gasteiger partial charge in [-0.2, -0.15) is 0 Å². The van der Waals surface area contributed by atoms with Crippen molar-refractivity contribution in [2.45, 2.75) is 57.4 Å². The summed E-state index contributed by atoms with van der Waals surface area (Å²) >= 11 is 3.54. The molecule has 98 valence electrons. The maximum atomic E-state index is 4.79. The van der Waals surface area contributed by atoms with Crippen LogP contribution in [0.5, 0.6) is 0 Å². The number of rotatable bonds is 6. The summed E-state index contributed by atoms with van der Waals surface area (Å²) in [5, 5.41) is 0. The van der Waals surface area contributed by atoms with Gasteiger partial charge in [0, 0.05) is 24.6 Å². The van der Waals surface area contributed by atoms with Gasteiger partial charge in [0.25, 0.3) is 0 Å². The molecule has 0 amide bonds. The van der Waals surface area contributed by atoms with Gasteiger partial charge in [0.2, 0.25) is 0 Å². The molecule has 1 heterocycles. The fraction of sp³-hybridized carbons (Fsp3) is 0.714. The highest BCUT2D eigenvalue weighted by Crippen LogP contribution is 2.40. The number of hydrogen-bond acceptors (Lipinski definition) is 3. The van der Waals surface area contributed by atoms with E-state index < -0.39 is 0 Å². The number of halogens is 1. The Bertz CT molecular complexity index is 427. The lowest BCUT2D eigenvalue weighted by Gasteiger charge is -2.23. The predicted molar refractivity (Wildman–Crippen MR) is 77.0 cm³/mol. The molecule has 18 heavy (non-hydrogen) atoms. The fourth-order valence-electron chi connectivity index (χ4n) is 2.29. The van der Waals surface area contributed by atoms with Crippen LogP contribution in [-0.2, 0) is 0 Å². The Labute approximate surface area is 117 Å². The number of unbranched alkanes of at least 4 members (excludes halogenated alkanes) is 1. The molecule has 1 aromatic heterocycles. The molecule has 0 unspecified atom stereocenters. The highest BCUT2D eigenvalue weighted by atomic mass is 79.9. The van der Waals surface area contributed by atoms with Crippen molar-refractivity contribution in [2.24, 2.45) is 0 Å². The third-order valence-electron chi connectivity index (χ3n) is 3.68. The van der Waals surface area contributed by atoms with Gasteiger partial charge < -0.3 is 4.90 Å². The van der Waals surface area contributed by atoms with Gasteiger partial charge in [-0.3, -0.25) is 0 Å². The minimum absolute atomic E-state index is 0.619. The summed E-state index contributed by atoms with van der Waals surface area (Å²) in [7, 11) is 0. The molecule has 3 rings (SSSR count). The van der Waals surface area contributed by atoms with Gasteiger partial charge >= 0.3 is 0 Å². The van der Waals surface area contributed by atoms with Gasteiger partial charge in [-0.1, -0.05) is 13.3 Å².